The first-order valence-corrected chi connectivity index (χ1v) is 7.38. The SMILES string of the molecule is O=C(CCn1nc(Cl)c2ccccc21)NCc1ccncc1. The second-order valence-electron chi connectivity index (χ2n) is 4.91. The fourth-order valence-electron chi connectivity index (χ4n) is 2.25. The number of rotatable bonds is 5. The molecule has 112 valence electrons. The van der Waals surface area contributed by atoms with Gasteiger partial charge in [0.1, 0.15) is 0 Å². The standard InChI is InChI=1S/C16H15ClN4O/c17-16-13-3-1-2-4-14(13)21(20-16)10-7-15(22)19-11-12-5-8-18-9-6-12/h1-6,8-9H,7,10-11H2,(H,19,22). The lowest BCUT2D eigenvalue weighted by atomic mass is 10.2. The van der Waals surface area contributed by atoms with E-state index in [9.17, 15) is 4.79 Å². The Morgan fingerprint density at radius 1 is 1.18 bits per heavy atom. The Kier molecular flexibility index (Phi) is 4.34. The summed E-state index contributed by atoms with van der Waals surface area (Å²) in [7, 11) is 0. The average Bonchev–Trinajstić information content (AvgIpc) is 2.89. The summed E-state index contributed by atoms with van der Waals surface area (Å²) in [6.07, 6.45) is 3.77. The van der Waals surface area contributed by atoms with Crippen LogP contribution in [0.1, 0.15) is 12.0 Å². The highest BCUT2D eigenvalue weighted by molar-refractivity contribution is 6.34. The average molecular weight is 315 g/mol. The van der Waals surface area contributed by atoms with Crippen molar-refractivity contribution >= 4 is 28.4 Å². The largest absolute Gasteiger partial charge is 0.352 e. The van der Waals surface area contributed by atoms with Crippen molar-refractivity contribution in [1.29, 1.82) is 0 Å². The molecule has 2 aromatic heterocycles. The molecule has 0 saturated carbocycles. The zero-order chi connectivity index (χ0) is 15.4. The molecule has 0 aliphatic rings. The van der Waals surface area contributed by atoms with E-state index in [-0.39, 0.29) is 5.91 Å². The molecular formula is C16H15ClN4O. The van der Waals surface area contributed by atoms with Crippen molar-refractivity contribution in [3.8, 4) is 0 Å². The summed E-state index contributed by atoms with van der Waals surface area (Å²) in [5.74, 6) is -0.0208. The van der Waals surface area contributed by atoms with Crippen molar-refractivity contribution in [2.75, 3.05) is 0 Å². The molecule has 22 heavy (non-hydrogen) atoms. The van der Waals surface area contributed by atoms with Crippen molar-refractivity contribution < 1.29 is 4.79 Å². The molecule has 3 aromatic rings. The van der Waals surface area contributed by atoms with Crippen LogP contribution in [0, 0.1) is 0 Å². The summed E-state index contributed by atoms with van der Waals surface area (Å²) in [6.45, 7) is 0.997. The van der Waals surface area contributed by atoms with Gasteiger partial charge >= 0.3 is 0 Å². The second-order valence-corrected chi connectivity index (χ2v) is 5.27. The van der Waals surface area contributed by atoms with Gasteiger partial charge in [-0.3, -0.25) is 14.5 Å². The number of halogens is 1. The molecular weight excluding hydrogens is 300 g/mol. The number of nitrogens with one attached hydrogen (secondary N) is 1. The van der Waals surface area contributed by atoms with Crippen LogP contribution in [0.5, 0.6) is 0 Å². The molecule has 1 amide bonds. The van der Waals surface area contributed by atoms with Crippen LogP contribution < -0.4 is 5.32 Å². The van der Waals surface area contributed by atoms with Gasteiger partial charge in [0.25, 0.3) is 0 Å². The number of carbonyl (C=O) groups is 1. The van der Waals surface area contributed by atoms with E-state index in [2.05, 4.69) is 15.4 Å². The Hall–Kier alpha value is -2.40. The zero-order valence-corrected chi connectivity index (χ0v) is 12.6. The smallest absolute Gasteiger partial charge is 0.222 e. The predicted molar refractivity (Wildman–Crippen MR) is 85.4 cm³/mol. The van der Waals surface area contributed by atoms with E-state index in [4.69, 9.17) is 11.6 Å². The highest BCUT2D eigenvalue weighted by Gasteiger charge is 2.09. The summed E-state index contributed by atoms with van der Waals surface area (Å²) < 4.78 is 1.77. The lowest BCUT2D eigenvalue weighted by Gasteiger charge is -2.06. The van der Waals surface area contributed by atoms with E-state index in [1.165, 1.54) is 0 Å². The summed E-state index contributed by atoms with van der Waals surface area (Å²) in [6, 6.07) is 11.5. The summed E-state index contributed by atoms with van der Waals surface area (Å²) in [5, 5.41) is 8.53. The topological polar surface area (TPSA) is 59.8 Å². The molecule has 0 atom stereocenters. The van der Waals surface area contributed by atoms with Gasteiger partial charge in [0.15, 0.2) is 5.15 Å². The molecule has 3 rings (SSSR count). The first kappa shape index (κ1) is 14.5. The fraction of sp³-hybridized carbons (Fsp3) is 0.188. The van der Waals surface area contributed by atoms with Gasteiger partial charge in [-0.2, -0.15) is 5.10 Å². The van der Waals surface area contributed by atoms with Gasteiger partial charge in [0.05, 0.1) is 12.1 Å². The Balaban J connectivity index is 1.58. The molecule has 0 bridgehead atoms. The van der Waals surface area contributed by atoms with Gasteiger partial charge in [-0.15, -0.1) is 0 Å². The van der Waals surface area contributed by atoms with E-state index in [1.807, 2.05) is 36.4 Å². The molecule has 0 fully saturated rings. The molecule has 0 aliphatic carbocycles. The quantitative estimate of drug-likeness (QED) is 0.787. The Labute approximate surface area is 132 Å². The molecule has 0 unspecified atom stereocenters. The van der Waals surface area contributed by atoms with Crippen molar-refractivity contribution in [3.63, 3.8) is 0 Å². The zero-order valence-electron chi connectivity index (χ0n) is 11.9. The van der Waals surface area contributed by atoms with E-state index < -0.39 is 0 Å². The molecule has 0 spiro atoms. The minimum Gasteiger partial charge on any atom is -0.352 e. The van der Waals surface area contributed by atoms with Crippen molar-refractivity contribution in [2.45, 2.75) is 19.5 Å². The van der Waals surface area contributed by atoms with Crippen molar-refractivity contribution in [1.82, 2.24) is 20.1 Å². The third-order valence-electron chi connectivity index (χ3n) is 3.40. The molecule has 0 saturated heterocycles. The minimum absolute atomic E-state index is 0.0208. The molecule has 0 radical (unpaired) electrons. The van der Waals surface area contributed by atoms with E-state index in [0.29, 0.717) is 24.7 Å². The van der Waals surface area contributed by atoms with Crippen LogP contribution in [0.15, 0.2) is 48.8 Å². The number of nitrogens with zero attached hydrogens (tertiary/aromatic N) is 3. The first-order valence-electron chi connectivity index (χ1n) is 7.00. The fourth-order valence-corrected chi connectivity index (χ4v) is 2.51. The number of fused-ring (bicyclic) bond motifs is 1. The van der Waals surface area contributed by atoms with Gasteiger partial charge in [-0.25, -0.2) is 0 Å². The second kappa shape index (κ2) is 6.58. The van der Waals surface area contributed by atoms with Crippen molar-refractivity contribution in [3.05, 3.63) is 59.5 Å². The Morgan fingerprint density at radius 3 is 2.77 bits per heavy atom. The van der Waals surface area contributed by atoms with Crippen LogP contribution in [-0.2, 0) is 17.9 Å². The third-order valence-corrected chi connectivity index (χ3v) is 3.68. The van der Waals surface area contributed by atoms with E-state index >= 15 is 0 Å². The molecule has 1 N–H and O–H groups in total. The van der Waals surface area contributed by atoms with Gasteiger partial charge in [-0.05, 0) is 29.8 Å². The normalized spacial score (nSPS) is 10.8. The van der Waals surface area contributed by atoms with Crippen LogP contribution in [0.3, 0.4) is 0 Å². The number of hydrogen-bond donors (Lipinski definition) is 1. The summed E-state index contributed by atoms with van der Waals surface area (Å²) in [5.41, 5.74) is 1.96. The first-order chi connectivity index (χ1) is 10.7. The van der Waals surface area contributed by atoms with Gasteiger partial charge in [0, 0.05) is 30.7 Å². The molecule has 5 nitrogen and oxygen atoms in total. The Morgan fingerprint density at radius 2 is 1.95 bits per heavy atom. The van der Waals surface area contributed by atoms with Crippen LogP contribution in [0.25, 0.3) is 10.9 Å². The third kappa shape index (κ3) is 3.26. The van der Waals surface area contributed by atoms with Gasteiger partial charge < -0.3 is 5.32 Å². The number of aromatic nitrogens is 3. The number of pyridine rings is 1. The van der Waals surface area contributed by atoms with Gasteiger partial charge in [0.2, 0.25) is 5.91 Å². The van der Waals surface area contributed by atoms with Crippen LogP contribution in [-0.4, -0.2) is 20.7 Å². The van der Waals surface area contributed by atoms with Crippen LogP contribution in [0.4, 0.5) is 0 Å². The summed E-state index contributed by atoms with van der Waals surface area (Å²) >= 11 is 6.10. The maximum Gasteiger partial charge on any atom is 0.222 e. The maximum atomic E-state index is 11.9. The maximum absolute atomic E-state index is 11.9. The minimum atomic E-state index is -0.0208. The lowest BCUT2D eigenvalue weighted by molar-refractivity contribution is -0.121. The molecule has 2 heterocycles. The van der Waals surface area contributed by atoms with Crippen LogP contribution in [0.2, 0.25) is 5.15 Å². The van der Waals surface area contributed by atoms with Crippen molar-refractivity contribution in [2.24, 2.45) is 0 Å². The van der Waals surface area contributed by atoms with E-state index in [1.54, 1.807) is 17.1 Å². The number of aryl methyl sites for hydroxylation is 1. The lowest BCUT2D eigenvalue weighted by Crippen LogP contribution is -2.24. The van der Waals surface area contributed by atoms with E-state index in [0.717, 1.165) is 16.5 Å². The number of carbonyl (C=O) groups excluding carboxylic acids is 1. The van der Waals surface area contributed by atoms with Crippen LogP contribution >= 0.6 is 11.6 Å². The predicted octanol–water partition coefficient (Wildman–Crippen LogP) is 2.79. The highest BCUT2D eigenvalue weighted by Crippen LogP contribution is 2.22. The highest BCUT2D eigenvalue weighted by atomic mass is 35.5. The van der Waals surface area contributed by atoms with Gasteiger partial charge in [-0.1, -0.05) is 23.7 Å². The molecule has 1 aromatic carbocycles. The number of benzene rings is 1. The Bertz CT molecular complexity index is 785. The summed E-state index contributed by atoms with van der Waals surface area (Å²) in [4.78, 5) is 15.9. The monoisotopic (exact) mass is 314 g/mol. The number of para-hydroxylation sites is 1. The number of amides is 1. The molecule has 6 heteroatoms. The molecule has 0 aliphatic heterocycles. The number of hydrogen-bond acceptors (Lipinski definition) is 3.